The Bertz CT molecular complexity index is 481. The first-order valence-corrected chi connectivity index (χ1v) is 5.37. The van der Waals surface area contributed by atoms with Crippen molar-refractivity contribution in [2.24, 2.45) is 5.73 Å². The van der Waals surface area contributed by atoms with Crippen LogP contribution < -0.4 is 11.1 Å². The summed E-state index contributed by atoms with van der Waals surface area (Å²) in [5, 5.41) is 20.9. The molecule has 0 amide bonds. The van der Waals surface area contributed by atoms with Crippen molar-refractivity contribution < 1.29 is 9.90 Å². The second kappa shape index (κ2) is 4.44. The molecule has 0 radical (unpaired) electrons. The van der Waals surface area contributed by atoms with Gasteiger partial charge in [-0.1, -0.05) is 18.2 Å². The highest BCUT2D eigenvalue weighted by Crippen LogP contribution is 2.38. The Morgan fingerprint density at radius 2 is 2.29 bits per heavy atom. The van der Waals surface area contributed by atoms with Gasteiger partial charge < -0.3 is 16.2 Å². The molecule has 0 fully saturated rings. The fourth-order valence-corrected chi connectivity index (χ4v) is 2.16. The zero-order valence-electron chi connectivity index (χ0n) is 9.13. The predicted molar refractivity (Wildman–Crippen MR) is 62.4 cm³/mol. The number of hydrogen-bond donors (Lipinski definition) is 3. The fourth-order valence-electron chi connectivity index (χ4n) is 2.16. The normalized spacial score (nSPS) is 23.3. The van der Waals surface area contributed by atoms with Crippen molar-refractivity contribution in [3.05, 3.63) is 29.8 Å². The number of para-hydroxylation sites is 1. The summed E-state index contributed by atoms with van der Waals surface area (Å²) in [4.78, 5) is 10.8. The lowest BCUT2D eigenvalue weighted by Crippen LogP contribution is -2.34. The number of carbonyl (C=O) groups is 1. The SMILES string of the molecule is N#C[C@@H]1Nc2ccccc2[C@@H]1C[C@H](N)C(=O)O. The van der Waals surface area contributed by atoms with Crippen LogP contribution in [0.4, 0.5) is 5.69 Å². The van der Waals surface area contributed by atoms with Crippen LogP contribution in [0.25, 0.3) is 0 Å². The van der Waals surface area contributed by atoms with Crippen molar-refractivity contribution in [3.63, 3.8) is 0 Å². The second-order valence-electron chi connectivity index (χ2n) is 4.13. The first kappa shape index (κ1) is 11.4. The molecular formula is C12H13N3O2. The molecule has 4 N–H and O–H groups in total. The van der Waals surface area contributed by atoms with Crippen LogP contribution in [-0.2, 0) is 4.79 Å². The zero-order valence-corrected chi connectivity index (χ0v) is 9.13. The lowest BCUT2D eigenvalue weighted by molar-refractivity contribution is -0.138. The predicted octanol–water partition coefficient (Wildman–Crippen LogP) is 0.890. The van der Waals surface area contributed by atoms with Gasteiger partial charge in [0.05, 0.1) is 6.07 Å². The molecule has 1 aliphatic heterocycles. The van der Waals surface area contributed by atoms with E-state index in [0.717, 1.165) is 11.3 Å². The van der Waals surface area contributed by atoms with Crippen LogP contribution in [0, 0.1) is 11.3 Å². The number of hydrogen-bond acceptors (Lipinski definition) is 4. The van der Waals surface area contributed by atoms with Crippen LogP contribution in [0.2, 0.25) is 0 Å². The maximum Gasteiger partial charge on any atom is 0.320 e. The average molecular weight is 231 g/mol. The Kier molecular flexibility index (Phi) is 2.98. The van der Waals surface area contributed by atoms with Crippen LogP contribution >= 0.6 is 0 Å². The molecule has 5 nitrogen and oxygen atoms in total. The summed E-state index contributed by atoms with van der Waals surface area (Å²) >= 11 is 0. The van der Waals surface area contributed by atoms with E-state index in [-0.39, 0.29) is 12.3 Å². The summed E-state index contributed by atoms with van der Waals surface area (Å²) in [5.41, 5.74) is 7.39. The minimum absolute atomic E-state index is 0.165. The van der Waals surface area contributed by atoms with Gasteiger partial charge in [0, 0.05) is 11.6 Å². The number of fused-ring (bicyclic) bond motifs is 1. The Morgan fingerprint density at radius 3 is 2.94 bits per heavy atom. The Balaban J connectivity index is 2.25. The van der Waals surface area contributed by atoms with Gasteiger partial charge in [-0.3, -0.25) is 4.79 Å². The molecule has 1 aromatic carbocycles. The number of carboxylic acids is 1. The minimum Gasteiger partial charge on any atom is -0.480 e. The topological polar surface area (TPSA) is 99.1 Å². The lowest BCUT2D eigenvalue weighted by atomic mass is 9.89. The molecule has 0 spiro atoms. The molecule has 0 aliphatic carbocycles. The monoisotopic (exact) mass is 231 g/mol. The van der Waals surface area contributed by atoms with E-state index in [0.29, 0.717) is 0 Å². The van der Waals surface area contributed by atoms with Crippen LogP contribution in [-0.4, -0.2) is 23.2 Å². The third-order valence-corrected chi connectivity index (χ3v) is 3.04. The van der Waals surface area contributed by atoms with E-state index in [2.05, 4.69) is 11.4 Å². The van der Waals surface area contributed by atoms with E-state index in [1.165, 1.54) is 0 Å². The Labute approximate surface area is 98.9 Å². The molecule has 0 unspecified atom stereocenters. The number of carboxylic acid groups (broad SMARTS) is 1. The summed E-state index contributed by atoms with van der Waals surface area (Å²) in [5.74, 6) is -1.20. The summed E-state index contributed by atoms with van der Waals surface area (Å²) < 4.78 is 0. The van der Waals surface area contributed by atoms with Gasteiger partial charge in [0.25, 0.3) is 0 Å². The summed E-state index contributed by atoms with van der Waals surface area (Å²) in [7, 11) is 0. The molecule has 2 rings (SSSR count). The van der Waals surface area contributed by atoms with Gasteiger partial charge in [-0.25, -0.2) is 0 Å². The summed E-state index contributed by atoms with van der Waals surface area (Å²) in [6.07, 6.45) is 0.261. The van der Waals surface area contributed by atoms with E-state index in [1.807, 2.05) is 24.3 Å². The molecular weight excluding hydrogens is 218 g/mol. The average Bonchev–Trinajstić information content (AvgIpc) is 2.67. The highest BCUT2D eigenvalue weighted by atomic mass is 16.4. The zero-order chi connectivity index (χ0) is 12.4. The maximum atomic E-state index is 10.8. The van der Waals surface area contributed by atoms with Gasteiger partial charge >= 0.3 is 5.97 Å². The third-order valence-electron chi connectivity index (χ3n) is 3.04. The van der Waals surface area contributed by atoms with Gasteiger partial charge in [0.1, 0.15) is 12.1 Å². The van der Waals surface area contributed by atoms with Crippen LogP contribution in [0.3, 0.4) is 0 Å². The molecule has 0 aromatic heterocycles. The maximum absolute atomic E-state index is 10.8. The van der Waals surface area contributed by atoms with Crippen molar-refractivity contribution in [2.75, 3.05) is 5.32 Å². The molecule has 1 aromatic rings. The second-order valence-corrected chi connectivity index (χ2v) is 4.13. The van der Waals surface area contributed by atoms with Gasteiger partial charge in [0.2, 0.25) is 0 Å². The minimum atomic E-state index is -1.04. The lowest BCUT2D eigenvalue weighted by Gasteiger charge is -2.16. The molecule has 5 heteroatoms. The van der Waals surface area contributed by atoms with Gasteiger partial charge in [0.15, 0.2) is 0 Å². The number of nitrogens with two attached hydrogens (primary N) is 1. The Hall–Kier alpha value is -2.06. The van der Waals surface area contributed by atoms with Crippen LogP contribution in [0.5, 0.6) is 0 Å². The number of benzene rings is 1. The first-order chi connectivity index (χ1) is 8.13. The van der Waals surface area contributed by atoms with Crippen molar-refractivity contribution in [1.82, 2.24) is 0 Å². The van der Waals surface area contributed by atoms with Crippen molar-refractivity contribution in [1.29, 1.82) is 5.26 Å². The third kappa shape index (κ3) is 2.08. The largest absolute Gasteiger partial charge is 0.480 e. The highest BCUT2D eigenvalue weighted by molar-refractivity contribution is 5.73. The fraction of sp³-hybridized carbons (Fsp3) is 0.333. The van der Waals surface area contributed by atoms with Gasteiger partial charge in [-0.05, 0) is 18.1 Å². The molecule has 0 saturated heterocycles. The van der Waals surface area contributed by atoms with Crippen molar-refractivity contribution >= 4 is 11.7 Å². The number of nitrogens with zero attached hydrogens (tertiary/aromatic N) is 1. The molecule has 0 bridgehead atoms. The van der Waals surface area contributed by atoms with E-state index in [9.17, 15) is 4.79 Å². The molecule has 88 valence electrons. The van der Waals surface area contributed by atoms with Crippen molar-refractivity contribution in [2.45, 2.75) is 24.4 Å². The van der Waals surface area contributed by atoms with Gasteiger partial charge in [-0.15, -0.1) is 0 Å². The van der Waals surface area contributed by atoms with Crippen molar-refractivity contribution in [3.8, 4) is 6.07 Å². The smallest absolute Gasteiger partial charge is 0.320 e. The molecule has 17 heavy (non-hydrogen) atoms. The van der Waals surface area contributed by atoms with E-state index in [4.69, 9.17) is 16.1 Å². The standard InChI is InChI=1S/C12H13N3O2/c13-6-11-8(5-9(14)12(16)17)7-3-1-2-4-10(7)15-11/h1-4,8-9,11,15H,5,14H2,(H,16,17)/t8-,9-,11-/m0/s1. The molecule has 1 aliphatic rings. The van der Waals surface area contributed by atoms with E-state index < -0.39 is 18.1 Å². The first-order valence-electron chi connectivity index (χ1n) is 5.37. The molecule has 1 heterocycles. The molecule has 3 atom stereocenters. The number of aliphatic carboxylic acids is 1. The highest BCUT2D eigenvalue weighted by Gasteiger charge is 2.34. The van der Waals surface area contributed by atoms with Crippen LogP contribution in [0.1, 0.15) is 17.9 Å². The summed E-state index contributed by atoms with van der Waals surface area (Å²) in [6, 6.07) is 8.33. The van der Waals surface area contributed by atoms with Gasteiger partial charge in [-0.2, -0.15) is 5.26 Å². The van der Waals surface area contributed by atoms with E-state index >= 15 is 0 Å². The Morgan fingerprint density at radius 1 is 1.59 bits per heavy atom. The number of anilines is 1. The summed E-state index contributed by atoms with van der Waals surface area (Å²) in [6.45, 7) is 0. The quantitative estimate of drug-likeness (QED) is 0.717. The molecule has 0 saturated carbocycles. The number of rotatable bonds is 3. The van der Waals surface area contributed by atoms with Crippen LogP contribution in [0.15, 0.2) is 24.3 Å². The van der Waals surface area contributed by atoms with E-state index in [1.54, 1.807) is 0 Å². The number of nitrogens with one attached hydrogen (secondary N) is 1. The number of nitriles is 1.